The number of rotatable bonds is 3. The van der Waals surface area contributed by atoms with Gasteiger partial charge in [-0.15, -0.1) is 0 Å². The highest BCUT2D eigenvalue weighted by Gasteiger charge is 2.34. The molecule has 2 nitrogen and oxygen atoms in total. The van der Waals surface area contributed by atoms with Crippen molar-refractivity contribution in [2.24, 2.45) is 5.41 Å². The molecule has 16 heavy (non-hydrogen) atoms. The Bertz CT molecular complexity index is 220. The van der Waals surface area contributed by atoms with Crippen molar-refractivity contribution in [3.8, 4) is 0 Å². The van der Waals surface area contributed by atoms with Gasteiger partial charge >= 0.3 is 6.18 Å². The van der Waals surface area contributed by atoms with Gasteiger partial charge in [-0.05, 0) is 11.8 Å². The van der Waals surface area contributed by atoms with E-state index in [-0.39, 0.29) is 11.5 Å². The molecule has 0 amide bonds. The van der Waals surface area contributed by atoms with Crippen LogP contribution in [0.2, 0.25) is 0 Å². The van der Waals surface area contributed by atoms with Crippen molar-refractivity contribution >= 4 is 0 Å². The van der Waals surface area contributed by atoms with E-state index in [1.807, 2.05) is 0 Å². The molecule has 0 saturated carbocycles. The van der Waals surface area contributed by atoms with Crippen molar-refractivity contribution in [2.45, 2.75) is 39.4 Å². The first-order chi connectivity index (χ1) is 7.16. The van der Waals surface area contributed by atoms with Crippen LogP contribution >= 0.6 is 0 Å². The third kappa shape index (κ3) is 5.70. The van der Waals surface area contributed by atoms with Crippen LogP contribution in [0, 0.1) is 5.41 Å². The zero-order chi connectivity index (χ0) is 12.4. The standard InChI is InChI=1S/C11H21F3N2/c1-10(2,3)7-15-9-4-5-16(6-9)8-11(12,13)14/h9,15H,4-8H2,1-3H3. The molecule has 0 spiro atoms. The van der Waals surface area contributed by atoms with E-state index in [0.29, 0.717) is 13.1 Å². The maximum absolute atomic E-state index is 12.1. The van der Waals surface area contributed by atoms with Gasteiger partial charge in [0.2, 0.25) is 0 Å². The first-order valence-corrected chi connectivity index (χ1v) is 5.68. The minimum atomic E-state index is -4.07. The molecule has 1 heterocycles. The lowest BCUT2D eigenvalue weighted by atomic mass is 9.96. The number of halogens is 3. The van der Waals surface area contributed by atoms with Crippen molar-refractivity contribution in [2.75, 3.05) is 26.2 Å². The number of hydrogen-bond donors (Lipinski definition) is 1. The Labute approximate surface area is 95.2 Å². The number of alkyl halides is 3. The second-order valence-electron chi connectivity index (χ2n) is 5.78. The fourth-order valence-corrected chi connectivity index (χ4v) is 1.85. The van der Waals surface area contributed by atoms with E-state index in [9.17, 15) is 13.2 Å². The van der Waals surface area contributed by atoms with Crippen molar-refractivity contribution in [3.05, 3.63) is 0 Å². The van der Waals surface area contributed by atoms with Gasteiger partial charge in [0.1, 0.15) is 0 Å². The van der Waals surface area contributed by atoms with Gasteiger partial charge in [-0.1, -0.05) is 20.8 Å². The average Bonchev–Trinajstić information content (AvgIpc) is 2.44. The second kappa shape index (κ2) is 4.92. The number of nitrogens with one attached hydrogen (secondary N) is 1. The van der Waals surface area contributed by atoms with Crippen LogP contribution < -0.4 is 5.32 Å². The molecule has 0 aromatic carbocycles. The Balaban J connectivity index is 2.25. The van der Waals surface area contributed by atoms with Crippen molar-refractivity contribution in [1.29, 1.82) is 0 Å². The Kier molecular flexibility index (Phi) is 4.23. The lowest BCUT2D eigenvalue weighted by Crippen LogP contribution is -2.39. The Morgan fingerprint density at radius 3 is 2.38 bits per heavy atom. The first kappa shape index (κ1) is 13.8. The monoisotopic (exact) mass is 238 g/mol. The summed E-state index contributed by atoms with van der Waals surface area (Å²) in [5.41, 5.74) is 0.178. The summed E-state index contributed by atoms with van der Waals surface area (Å²) in [5.74, 6) is 0. The smallest absolute Gasteiger partial charge is 0.312 e. The zero-order valence-electron chi connectivity index (χ0n) is 10.2. The van der Waals surface area contributed by atoms with Crippen molar-refractivity contribution < 1.29 is 13.2 Å². The summed E-state index contributed by atoms with van der Waals surface area (Å²) in [6.07, 6.45) is -3.26. The fraction of sp³-hybridized carbons (Fsp3) is 1.00. The number of hydrogen-bond acceptors (Lipinski definition) is 2. The number of likely N-dealkylation sites (tertiary alicyclic amines) is 1. The van der Waals surface area contributed by atoms with Crippen LogP contribution in [-0.2, 0) is 0 Å². The predicted octanol–water partition coefficient (Wildman–Crippen LogP) is 2.26. The van der Waals surface area contributed by atoms with Crippen LogP contribution in [0.4, 0.5) is 13.2 Å². The van der Waals surface area contributed by atoms with E-state index >= 15 is 0 Å². The Morgan fingerprint density at radius 2 is 1.88 bits per heavy atom. The van der Waals surface area contributed by atoms with Gasteiger partial charge in [0.05, 0.1) is 6.54 Å². The molecule has 5 heteroatoms. The summed E-state index contributed by atoms with van der Waals surface area (Å²) in [5, 5.41) is 3.33. The SMILES string of the molecule is CC(C)(C)CNC1CCN(CC(F)(F)F)C1. The third-order valence-corrected chi connectivity index (χ3v) is 2.60. The molecule has 96 valence electrons. The van der Waals surface area contributed by atoms with Crippen LogP contribution in [0.5, 0.6) is 0 Å². The van der Waals surface area contributed by atoms with E-state index in [1.54, 1.807) is 0 Å². The lowest BCUT2D eigenvalue weighted by molar-refractivity contribution is -0.143. The molecule has 0 aromatic heterocycles. The maximum atomic E-state index is 12.1. The van der Waals surface area contributed by atoms with Crippen molar-refractivity contribution in [3.63, 3.8) is 0 Å². The molecule has 1 aliphatic heterocycles. The highest BCUT2D eigenvalue weighted by atomic mass is 19.4. The highest BCUT2D eigenvalue weighted by molar-refractivity contribution is 4.83. The number of nitrogens with zero attached hydrogens (tertiary/aromatic N) is 1. The second-order valence-corrected chi connectivity index (χ2v) is 5.78. The predicted molar refractivity (Wildman–Crippen MR) is 58.4 cm³/mol. The molecule has 0 aliphatic carbocycles. The zero-order valence-corrected chi connectivity index (χ0v) is 10.2. The molecule has 0 aromatic rings. The average molecular weight is 238 g/mol. The molecular weight excluding hydrogens is 217 g/mol. The van der Waals surface area contributed by atoms with Crippen LogP contribution in [-0.4, -0.2) is 43.3 Å². The molecule has 1 unspecified atom stereocenters. The summed E-state index contributed by atoms with van der Waals surface area (Å²) in [7, 11) is 0. The van der Waals surface area contributed by atoms with Crippen LogP contribution in [0.1, 0.15) is 27.2 Å². The Morgan fingerprint density at radius 1 is 1.25 bits per heavy atom. The quantitative estimate of drug-likeness (QED) is 0.811. The van der Waals surface area contributed by atoms with Crippen LogP contribution in [0.15, 0.2) is 0 Å². The molecule has 1 aliphatic rings. The molecular formula is C11H21F3N2. The molecule has 1 atom stereocenters. The highest BCUT2D eigenvalue weighted by Crippen LogP contribution is 2.20. The van der Waals surface area contributed by atoms with E-state index in [0.717, 1.165) is 13.0 Å². The van der Waals surface area contributed by atoms with Gasteiger partial charge in [-0.25, -0.2) is 0 Å². The van der Waals surface area contributed by atoms with Gasteiger partial charge in [-0.3, -0.25) is 4.90 Å². The molecule has 1 fully saturated rings. The van der Waals surface area contributed by atoms with Gasteiger partial charge in [0, 0.05) is 25.7 Å². The van der Waals surface area contributed by atoms with E-state index < -0.39 is 12.7 Å². The third-order valence-electron chi connectivity index (χ3n) is 2.60. The maximum Gasteiger partial charge on any atom is 0.401 e. The normalized spacial score (nSPS) is 24.0. The molecule has 0 bridgehead atoms. The van der Waals surface area contributed by atoms with Crippen LogP contribution in [0.3, 0.4) is 0 Å². The Hall–Kier alpha value is -0.290. The largest absolute Gasteiger partial charge is 0.401 e. The molecule has 0 radical (unpaired) electrons. The summed E-state index contributed by atoms with van der Waals surface area (Å²) in [6.45, 7) is 7.46. The summed E-state index contributed by atoms with van der Waals surface area (Å²) < 4.78 is 36.4. The topological polar surface area (TPSA) is 15.3 Å². The van der Waals surface area contributed by atoms with Crippen LogP contribution in [0.25, 0.3) is 0 Å². The lowest BCUT2D eigenvalue weighted by Gasteiger charge is -2.23. The van der Waals surface area contributed by atoms with E-state index in [4.69, 9.17) is 0 Å². The minimum Gasteiger partial charge on any atom is -0.312 e. The fourth-order valence-electron chi connectivity index (χ4n) is 1.85. The van der Waals surface area contributed by atoms with Gasteiger partial charge in [-0.2, -0.15) is 13.2 Å². The van der Waals surface area contributed by atoms with Gasteiger partial charge in [0.25, 0.3) is 0 Å². The van der Waals surface area contributed by atoms with E-state index in [1.165, 1.54) is 4.90 Å². The van der Waals surface area contributed by atoms with Crippen molar-refractivity contribution in [1.82, 2.24) is 10.2 Å². The first-order valence-electron chi connectivity index (χ1n) is 5.68. The minimum absolute atomic E-state index is 0.178. The molecule has 1 saturated heterocycles. The van der Waals surface area contributed by atoms with Gasteiger partial charge < -0.3 is 5.32 Å². The summed E-state index contributed by atoms with van der Waals surface area (Å²) in [4.78, 5) is 1.47. The molecule has 1 rings (SSSR count). The van der Waals surface area contributed by atoms with E-state index in [2.05, 4.69) is 26.1 Å². The van der Waals surface area contributed by atoms with Gasteiger partial charge in [0.15, 0.2) is 0 Å². The summed E-state index contributed by atoms with van der Waals surface area (Å²) in [6, 6.07) is 0.210. The summed E-state index contributed by atoms with van der Waals surface area (Å²) >= 11 is 0. The molecule has 1 N–H and O–H groups in total.